The summed E-state index contributed by atoms with van der Waals surface area (Å²) >= 11 is 0. The van der Waals surface area contributed by atoms with Crippen LogP contribution >= 0.6 is 0 Å². The molecule has 32 heavy (non-hydrogen) atoms. The van der Waals surface area contributed by atoms with Crippen LogP contribution in [0.25, 0.3) is 0 Å². The molecule has 0 heterocycles. The highest BCUT2D eigenvalue weighted by Gasteiger charge is 2.61. The van der Waals surface area contributed by atoms with Crippen LogP contribution in [0.15, 0.2) is 0 Å². The average Bonchev–Trinajstić information content (AvgIpc) is 2.72. The fourth-order valence-corrected chi connectivity index (χ4v) is 5.92. The van der Waals surface area contributed by atoms with Gasteiger partial charge in [-0.2, -0.15) is 0 Å². The molecule has 0 aromatic heterocycles. The van der Waals surface area contributed by atoms with Gasteiger partial charge in [-0.15, -0.1) is 0 Å². The first-order chi connectivity index (χ1) is 15.2. The number of rotatable bonds is 18. The van der Waals surface area contributed by atoms with Gasteiger partial charge >= 0.3 is 11.9 Å². The van der Waals surface area contributed by atoms with Crippen LogP contribution in [0.5, 0.6) is 0 Å². The van der Waals surface area contributed by atoms with Gasteiger partial charge in [-0.3, -0.25) is 9.59 Å². The minimum atomic E-state index is -1.09. The molecule has 0 aliphatic heterocycles. The Morgan fingerprint density at radius 1 is 0.594 bits per heavy atom. The third-order valence-electron chi connectivity index (χ3n) is 7.96. The summed E-state index contributed by atoms with van der Waals surface area (Å²) in [6.07, 6.45) is 17.1. The van der Waals surface area contributed by atoms with Gasteiger partial charge in [0.25, 0.3) is 0 Å². The summed E-state index contributed by atoms with van der Waals surface area (Å²) in [6.45, 7) is 8.99. The second-order valence-electron chi connectivity index (χ2n) is 11.4. The molecule has 1 aliphatic rings. The molecule has 2 N–H and O–H groups in total. The normalized spacial score (nSPS) is 23.7. The maximum absolute atomic E-state index is 12.6. The number of carbonyl (C=O) groups is 2. The van der Waals surface area contributed by atoms with Gasteiger partial charge in [0, 0.05) is 0 Å². The number of carboxylic acids is 2. The van der Waals surface area contributed by atoms with Crippen molar-refractivity contribution in [2.24, 2.45) is 22.7 Å². The summed E-state index contributed by atoms with van der Waals surface area (Å²) in [5.74, 6) is -0.259. The number of carboxylic acid groups (broad SMARTS) is 2. The Balaban J connectivity index is 2.69. The maximum atomic E-state index is 12.6. The fourth-order valence-electron chi connectivity index (χ4n) is 5.92. The smallest absolute Gasteiger partial charge is 0.310 e. The van der Waals surface area contributed by atoms with Gasteiger partial charge in [0.05, 0.1) is 10.8 Å². The molecule has 0 saturated heterocycles. The first-order valence-electron chi connectivity index (χ1n) is 13.6. The van der Waals surface area contributed by atoms with Gasteiger partial charge in [0.1, 0.15) is 0 Å². The van der Waals surface area contributed by atoms with Crippen molar-refractivity contribution in [3.8, 4) is 0 Å². The van der Waals surface area contributed by atoms with Gasteiger partial charge in [-0.1, -0.05) is 118 Å². The van der Waals surface area contributed by atoms with E-state index in [1.54, 1.807) is 0 Å². The van der Waals surface area contributed by atoms with E-state index in [0.29, 0.717) is 25.7 Å². The van der Waals surface area contributed by atoms with E-state index in [2.05, 4.69) is 27.7 Å². The summed E-state index contributed by atoms with van der Waals surface area (Å²) in [4.78, 5) is 25.2. The predicted octanol–water partition coefficient (Wildman–Crippen LogP) is 8.48. The Bertz CT molecular complexity index is 494. The topological polar surface area (TPSA) is 74.6 Å². The van der Waals surface area contributed by atoms with E-state index >= 15 is 0 Å². The molecule has 2 unspecified atom stereocenters. The Morgan fingerprint density at radius 3 is 1.22 bits per heavy atom. The van der Waals surface area contributed by atoms with E-state index in [1.807, 2.05) is 0 Å². The maximum Gasteiger partial charge on any atom is 0.310 e. The second kappa shape index (κ2) is 15.0. The van der Waals surface area contributed by atoms with Crippen molar-refractivity contribution in [1.82, 2.24) is 0 Å². The van der Waals surface area contributed by atoms with Gasteiger partial charge in [-0.25, -0.2) is 0 Å². The highest BCUT2D eigenvalue weighted by molar-refractivity contribution is 5.87. The van der Waals surface area contributed by atoms with E-state index in [4.69, 9.17) is 0 Å². The van der Waals surface area contributed by atoms with Crippen LogP contribution in [-0.2, 0) is 9.59 Å². The molecule has 0 spiro atoms. The van der Waals surface area contributed by atoms with Crippen molar-refractivity contribution in [2.75, 3.05) is 0 Å². The lowest BCUT2D eigenvalue weighted by atomic mass is 9.52. The van der Waals surface area contributed by atoms with Gasteiger partial charge < -0.3 is 10.2 Å². The van der Waals surface area contributed by atoms with Crippen LogP contribution in [-0.4, -0.2) is 22.2 Å². The van der Waals surface area contributed by atoms with Crippen molar-refractivity contribution in [3.05, 3.63) is 0 Å². The summed E-state index contributed by atoms with van der Waals surface area (Å²) in [7, 11) is 0. The SMILES string of the molecule is CC(C)CCCCCCCC1(C(=O)O)CCCCC1(CCCCCCCC(C)C)C(=O)O. The molecule has 1 aliphatic carbocycles. The summed E-state index contributed by atoms with van der Waals surface area (Å²) < 4.78 is 0. The molecule has 4 nitrogen and oxygen atoms in total. The zero-order chi connectivity index (χ0) is 24.0. The molecule has 0 radical (unpaired) electrons. The Kier molecular flexibility index (Phi) is 13.5. The van der Waals surface area contributed by atoms with Crippen LogP contribution in [0.3, 0.4) is 0 Å². The third-order valence-corrected chi connectivity index (χ3v) is 7.96. The molecule has 2 atom stereocenters. The monoisotopic (exact) mass is 452 g/mol. The Labute approximate surface area is 197 Å². The van der Waals surface area contributed by atoms with Crippen molar-refractivity contribution in [3.63, 3.8) is 0 Å². The number of hydrogen-bond acceptors (Lipinski definition) is 2. The molecule has 0 bridgehead atoms. The van der Waals surface area contributed by atoms with Gasteiger partial charge in [-0.05, 0) is 37.5 Å². The average molecular weight is 453 g/mol. The van der Waals surface area contributed by atoms with E-state index in [9.17, 15) is 19.8 Å². The zero-order valence-electron chi connectivity index (χ0n) is 21.6. The molecule has 0 aromatic carbocycles. The molecule has 1 fully saturated rings. The molecule has 1 saturated carbocycles. The Morgan fingerprint density at radius 2 is 0.906 bits per heavy atom. The third kappa shape index (κ3) is 8.71. The molecule has 1 rings (SSSR count). The van der Waals surface area contributed by atoms with Gasteiger partial charge in [0.15, 0.2) is 0 Å². The molecule has 0 amide bonds. The predicted molar refractivity (Wildman–Crippen MR) is 133 cm³/mol. The van der Waals surface area contributed by atoms with Crippen molar-refractivity contribution in [1.29, 1.82) is 0 Å². The highest BCUT2D eigenvalue weighted by atomic mass is 16.4. The van der Waals surface area contributed by atoms with Crippen molar-refractivity contribution < 1.29 is 19.8 Å². The number of aliphatic carboxylic acids is 2. The number of unbranched alkanes of at least 4 members (excludes halogenated alkanes) is 8. The van der Waals surface area contributed by atoms with Crippen LogP contribution in [0.4, 0.5) is 0 Å². The van der Waals surface area contributed by atoms with Crippen molar-refractivity contribution in [2.45, 2.75) is 143 Å². The Hall–Kier alpha value is -1.06. The van der Waals surface area contributed by atoms with Crippen LogP contribution < -0.4 is 0 Å². The quantitative estimate of drug-likeness (QED) is 0.204. The van der Waals surface area contributed by atoms with Crippen molar-refractivity contribution >= 4 is 11.9 Å². The molecule has 188 valence electrons. The number of hydrogen-bond donors (Lipinski definition) is 2. The molecular formula is C28H52O4. The standard InChI is InChI=1S/C28H52O4/c1-23(2)17-11-7-5-9-13-19-27(25(29)30)21-15-16-22-28(27,26(31)32)20-14-10-6-8-12-18-24(3)4/h23-24H,5-22H2,1-4H3,(H,29,30)(H,31,32). The van der Waals surface area contributed by atoms with Crippen LogP contribution in [0, 0.1) is 22.7 Å². The van der Waals surface area contributed by atoms with Crippen LogP contribution in [0.1, 0.15) is 143 Å². The van der Waals surface area contributed by atoms with E-state index < -0.39 is 22.8 Å². The highest BCUT2D eigenvalue weighted by Crippen LogP contribution is 2.57. The molecular weight excluding hydrogens is 400 g/mol. The van der Waals surface area contributed by atoms with E-state index in [-0.39, 0.29) is 0 Å². The van der Waals surface area contributed by atoms with Crippen LogP contribution in [0.2, 0.25) is 0 Å². The minimum Gasteiger partial charge on any atom is -0.481 e. The summed E-state index contributed by atoms with van der Waals surface area (Å²) in [6, 6.07) is 0. The lowest BCUT2D eigenvalue weighted by Gasteiger charge is -2.49. The molecule has 0 aromatic rings. The van der Waals surface area contributed by atoms with E-state index in [0.717, 1.165) is 63.2 Å². The largest absolute Gasteiger partial charge is 0.481 e. The lowest BCUT2D eigenvalue weighted by molar-refractivity contribution is -0.182. The summed E-state index contributed by atoms with van der Waals surface area (Å²) in [5.41, 5.74) is -2.18. The van der Waals surface area contributed by atoms with E-state index in [1.165, 1.54) is 38.5 Å². The summed E-state index contributed by atoms with van der Waals surface area (Å²) in [5, 5.41) is 20.7. The second-order valence-corrected chi connectivity index (χ2v) is 11.4. The fraction of sp³-hybridized carbons (Fsp3) is 0.929. The zero-order valence-corrected chi connectivity index (χ0v) is 21.6. The minimum absolute atomic E-state index is 0.521. The van der Waals surface area contributed by atoms with Gasteiger partial charge in [0.2, 0.25) is 0 Å². The molecule has 4 heteroatoms. The lowest BCUT2D eigenvalue weighted by Crippen LogP contribution is -2.54. The first kappa shape index (κ1) is 29.0. The first-order valence-corrected chi connectivity index (χ1v) is 13.6.